The highest BCUT2D eigenvalue weighted by Gasteiger charge is 2.26. The van der Waals surface area contributed by atoms with E-state index in [9.17, 15) is 14.4 Å². The number of rotatable bonds is 9. The monoisotopic (exact) mass is 666 g/mol. The Morgan fingerprint density at radius 1 is 1.06 bits per heavy atom. The Morgan fingerprint density at radius 2 is 1.88 bits per heavy atom. The molecule has 3 N–H and O–H groups in total. The van der Waals surface area contributed by atoms with E-state index < -0.39 is 35.5 Å². The third-order valence-electron chi connectivity index (χ3n) is 7.93. The second-order valence-corrected chi connectivity index (χ2v) is 12.4. The normalized spacial score (nSPS) is 14.7. The van der Waals surface area contributed by atoms with Gasteiger partial charge in [0.1, 0.15) is 22.3 Å². The van der Waals surface area contributed by atoms with Crippen LogP contribution in [0.15, 0.2) is 130 Å². The maximum Gasteiger partial charge on any atom is 0.338 e. The number of aromatic nitrogens is 3. The van der Waals surface area contributed by atoms with Crippen LogP contribution >= 0.6 is 11.3 Å². The van der Waals surface area contributed by atoms with Crippen LogP contribution in [0.1, 0.15) is 18.4 Å². The van der Waals surface area contributed by atoms with Gasteiger partial charge in [-0.05, 0) is 67.4 Å². The number of pyridine rings is 1. The summed E-state index contributed by atoms with van der Waals surface area (Å²) in [7, 11) is 1.94. The zero-order valence-corrected chi connectivity index (χ0v) is 26.8. The van der Waals surface area contributed by atoms with E-state index in [0.717, 1.165) is 11.0 Å². The van der Waals surface area contributed by atoms with Crippen LogP contribution < -0.4 is 22.3 Å². The van der Waals surface area contributed by atoms with E-state index in [4.69, 9.17) is 5.73 Å². The average Bonchev–Trinajstić information content (AvgIpc) is 3.16. The number of thiophene rings is 1. The highest BCUT2D eigenvalue weighted by molar-refractivity contribution is 7.22. The predicted octanol–water partition coefficient (Wildman–Crippen LogP) is 6.68. The molecule has 2 aliphatic carbocycles. The van der Waals surface area contributed by atoms with Crippen LogP contribution in [-0.2, 0) is 13.1 Å². The molecule has 0 saturated heterocycles. The molecule has 48 heavy (non-hydrogen) atoms. The minimum Gasteiger partial charge on any atom is -0.351 e. The van der Waals surface area contributed by atoms with Gasteiger partial charge in [0.25, 0.3) is 5.56 Å². The van der Waals surface area contributed by atoms with E-state index in [1.54, 1.807) is 36.4 Å². The van der Waals surface area contributed by atoms with Crippen molar-refractivity contribution in [1.82, 2.24) is 19.0 Å². The number of fused-ring (bicyclic) bond motifs is 1. The second-order valence-electron chi connectivity index (χ2n) is 11.4. The first-order chi connectivity index (χ1) is 23.2. The molecule has 9 nitrogen and oxygen atoms in total. The number of allylic oxidation sites excluding steroid dienone is 11. The predicted molar refractivity (Wildman–Crippen MR) is 187 cm³/mol. The summed E-state index contributed by atoms with van der Waals surface area (Å²) in [5.74, 6) is -1.49. The van der Waals surface area contributed by atoms with E-state index in [2.05, 4.69) is 27.4 Å². The van der Waals surface area contributed by atoms with Gasteiger partial charge in [0.2, 0.25) is 0 Å². The lowest BCUT2D eigenvalue weighted by Crippen LogP contribution is -2.39. The Morgan fingerprint density at radius 3 is 2.62 bits per heavy atom. The standard InChI is InChI=1S/C36H32F2N6O3S/c1-42(20-23-10-4-2-3-5-11-23)21-27-31-33(45)44(30-14-8-9-19-40-30)36(47)43(22-26-28(37)12-6-7-13-29(26)38)34(31)48-32(27)24-15-17-25(18-16-24)41-35(39)46/h2-6,8-10,12-19H,7,11,20-22H2,1H3,(H3,39,41,46). The molecule has 2 aliphatic rings. The largest absolute Gasteiger partial charge is 0.351 e. The first kappa shape index (κ1) is 32.5. The molecule has 244 valence electrons. The van der Waals surface area contributed by atoms with Crippen LogP contribution in [0.3, 0.4) is 0 Å². The summed E-state index contributed by atoms with van der Waals surface area (Å²) in [4.78, 5) is 47.4. The number of halogens is 2. The molecule has 0 atom stereocenters. The maximum atomic E-state index is 15.2. The number of nitrogens with two attached hydrogens (primary N) is 1. The summed E-state index contributed by atoms with van der Waals surface area (Å²) >= 11 is 1.19. The van der Waals surface area contributed by atoms with Gasteiger partial charge in [0.05, 0.1) is 11.9 Å². The van der Waals surface area contributed by atoms with Crippen molar-refractivity contribution in [2.45, 2.75) is 25.9 Å². The fraction of sp³-hybridized carbons (Fsp3) is 0.167. The molecule has 0 saturated carbocycles. The van der Waals surface area contributed by atoms with Crippen molar-refractivity contribution < 1.29 is 13.6 Å². The van der Waals surface area contributed by atoms with Gasteiger partial charge in [-0.15, -0.1) is 11.3 Å². The number of nitrogens with zero attached hydrogens (tertiary/aromatic N) is 4. The van der Waals surface area contributed by atoms with Gasteiger partial charge < -0.3 is 11.1 Å². The van der Waals surface area contributed by atoms with Crippen LogP contribution in [-0.4, -0.2) is 38.6 Å². The van der Waals surface area contributed by atoms with Crippen molar-refractivity contribution in [1.29, 1.82) is 0 Å². The van der Waals surface area contributed by atoms with Gasteiger partial charge in [-0.25, -0.2) is 27.9 Å². The molecule has 0 radical (unpaired) electrons. The first-order valence-corrected chi connectivity index (χ1v) is 16.0. The molecule has 0 bridgehead atoms. The number of nitrogens with one attached hydrogen (secondary N) is 1. The molecule has 0 fully saturated rings. The van der Waals surface area contributed by atoms with E-state index in [1.165, 1.54) is 52.0 Å². The van der Waals surface area contributed by atoms with Crippen LogP contribution in [0.4, 0.5) is 19.3 Å². The molecule has 12 heteroatoms. The van der Waals surface area contributed by atoms with E-state index in [-0.39, 0.29) is 28.0 Å². The minimum atomic E-state index is -0.800. The van der Waals surface area contributed by atoms with E-state index in [0.29, 0.717) is 34.8 Å². The number of primary amides is 1. The molecule has 6 rings (SSSR count). The fourth-order valence-corrected chi connectivity index (χ4v) is 7.03. The highest BCUT2D eigenvalue weighted by Crippen LogP contribution is 2.39. The van der Waals surface area contributed by atoms with Crippen molar-refractivity contribution in [2.24, 2.45) is 5.73 Å². The fourth-order valence-electron chi connectivity index (χ4n) is 5.73. The van der Waals surface area contributed by atoms with Crippen molar-refractivity contribution in [3.05, 3.63) is 146 Å². The van der Waals surface area contributed by atoms with Crippen molar-refractivity contribution >= 4 is 33.3 Å². The lowest BCUT2D eigenvalue weighted by molar-refractivity contribution is 0.259. The lowest BCUT2D eigenvalue weighted by Gasteiger charge is -2.19. The van der Waals surface area contributed by atoms with Crippen LogP contribution in [0.25, 0.3) is 26.5 Å². The molecule has 0 unspecified atom stereocenters. The molecule has 3 aromatic heterocycles. The smallest absolute Gasteiger partial charge is 0.338 e. The Hall–Kier alpha value is -5.46. The van der Waals surface area contributed by atoms with Gasteiger partial charge in [0, 0.05) is 35.4 Å². The Labute approximate surface area is 278 Å². The third-order valence-corrected chi connectivity index (χ3v) is 9.23. The Balaban J connectivity index is 1.60. The number of benzene rings is 1. The van der Waals surface area contributed by atoms with Crippen molar-refractivity contribution in [3.8, 4) is 16.3 Å². The van der Waals surface area contributed by atoms with Crippen LogP contribution in [0.2, 0.25) is 0 Å². The van der Waals surface area contributed by atoms with Gasteiger partial charge in [-0.1, -0.05) is 60.2 Å². The van der Waals surface area contributed by atoms with Crippen LogP contribution in [0.5, 0.6) is 0 Å². The molecule has 1 aromatic carbocycles. The summed E-state index contributed by atoms with van der Waals surface area (Å²) in [6.07, 6.45) is 16.4. The molecular weight excluding hydrogens is 634 g/mol. The highest BCUT2D eigenvalue weighted by atomic mass is 32.1. The van der Waals surface area contributed by atoms with E-state index >= 15 is 8.78 Å². The zero-order chi connectivity index (χ0) is 33.8. The topological polar surface area (TPSA) is 115 Å². The van der Waals surface area contributed by atoms with Gasteiger partial charge in [-0.2, -0.15) is 0 Å². The van der Waals surface area contributed by atoms with Crippen LogP contribution in [0, 0.1) is 0 Å². The molecule has 4 aromatic rings. The average molecular weight is 667 g/mol. The molecule has 3 heterocycles. The Bertz CT molecular complexity index is 2190. The molecule has 0 spiro atoms. The summed E-state index contributed by atoms with van der Waals surface area (Å²) in [5, 5.41) is 2.79. The number of hydrogen-bond acceptors (Lipinski definition) is 6. The second kappa shape index (κ2) is 14.1. The summed E-state index contributed by atoms with van der Waals surface area (Å²) in [5.41, 5.74) is 6.64. The maximum absolute atomic E-state index is 15.2. The number of urea groups is 1. The molecular formula is C36H32F2N6O3S. The molecule has 2 amide bonds. The number of anilines is 1. The summed E-state index contributed by atoms with van der Waals surface area (Å²) in [6.45, 7) is 0.454. The third kappa shape index (κ3) is 6.80. The first-order valence-electron chi connectivity index (χ1n) is 15.2. The number of hydrogen-bond donors (Lipinski definition) is 2. The SMILES string of the molecule is CN(CC1=CC=CC=CC1)Cc1c(-c2ccc(NC(N)=O)cc2)sc2c1c(=O)n(-c1ccccn1)c(=O)n2CC1=C(F)C=CCC=C1F. The number of carbonyl (C=O) groups is 1. The zero-order valence-electron chi connectivity index (χ0n) is 26.0. The van der Waals surface area contributed by atoms with Crippen molar-refractivity contribution in [3.63, 3.8) is 0 Å². The summed E-state index contributed by atoms with van der Waals surface area (Å²) < 4.78 is 32.7. The summed E-state index contributed by atoms with van der Waals surface area (Å²) in [6, 6.07) is 11.1. The number of carbonyl (C=O) groups excluding carboxylic acids is 1. The lowest BCUT2D eigenvalue weighted by atomic mass is 10.1. The van der Waals surface area contributed by atoms with Gasteiger partial charge in [0.15, 0.2) is 0 Å². The van der Waals surface area contributed by atoms with Gasteiger partial charge >= 0.3 is 11.7 Å². The quantitative estimate of drug-likeness (QED) is 0.207. The Kier molecular flexibility index (Phi) is 9.55. The minimum absolute atomic E-state index is 0.0884. The van der Waals surface area contributed by atoms with E-state index in [1.807, 2.05) is 25.3 Å². The van der Waals surface area contributed by atoms with Crippen molar-refractivity contribution in [2.75, 3.05) is 18.9 Å². The van der Waals surface area contributed by atoms with Gasteiger partial charge in [-0.3, -0.25) is 14.3 Å². The number of likely N-dealkylation sites (N-methyl/N-ethyl adjacent to an activating group) is 1. The number of amides is 2. The molecule has 0 aliphatic heterocycles.